The van der Waals surface area contributed by atoms with Crippen LogP contribution in [0.5, 0.6) is 11.5 Å². The molecule has 0 aliphatic rings. The van der Waals surface area contributed by atoms with Crippen LogP contribution in [-0.4, -0.2) is 12.2 Å². The number of hydrogen-bond donors (Lipinski definition) is 1. The topological polar surface area (TPSA) is 29.5 Å². The molecule has 70 valence electrons. The van der Waals surface area contributed by atoms with Crippen LogP contribution in [0, 0.1) is 6.92 Å². The molecule has 0 unspecified atom stereocenters. The first-order valence-corrected chi connectivity index (χ1v) is 4.19. The van der Waals surface area contributed by atoms with Crippen molar-refractivity contribution < 1.29 is 9.84 Å². The number of phenolic OH excluding ortho intramolecular Hbond substituents is 1. The van der Waals surface area contributed by atoms with E-state index in [2.05, 4.69) is 0 Å². The summed E-state index contributed by atoms with van der Waals surface area (Å²) >= 11 is 0. The molecule has 1 aromatic carbocycles. The Balaban J connectivity index is 3.21. The standard InChI is InChI=1S/C11H14O2/c1-4-5-9-6-8(2)11(12)10(7-9)13-3/h4-7,12H,1-3H3. The minimum absolute atomic E-state index is 0.218. The van der Waals surface area contributed by atoms with Gasteiger partial charge in [0.15, 0.2) is 11.5 Å². The molecule has 1 N–H and O–H groups in total. The largest absolute Gasteiger partial charge is 0.504 e. The molecule has 0 aliphatic carbocycles. The SMILES string of the molecule is CC=Cc1cc(C)c(O)c(OC)c1. The zero-order chi connectivity index (χ0) is 9.84. The van der Waals surface area contributed by atoms with Crippen molar-refractivity contribution in [1.82, 2.24) is 0 Å². The van der Waals surface area contributed by atoms with Gasteiger partial charge in [0.05, 0.1) is 7.11 Å². The maximum atomic E-state index is 9.54. The van der Waals surface area contributed by atoms with E-state index in [1.54, 1.807) is 7.11 Å². The van der Waals surface area contributed by atoms with E-state index in [9.17, 15) is 5.11 Å². The van der Waals surface area contributed by atoms with Gasteiger partial charge in [-0.05, 0) is 37.1 Å². The average molecular weight is 178 g/mol. The fourth-order valence-electron chi connectivity index (χ4n) is 1.22. The van der Waals surface area contributed by atoms with Crippen molar-refractivity contribution in [1.29, 1.82) is 0 Å². The molecule has 0 spiro atoms. The molecular formula is C11H14O2. The average Bonchev–Trinajstić information content (AvgIpc) is 2.11. The Bertz CT molecular complexity index is 327. The predicted octanol–water partition coefficient (Wildman–Crippen LogP) is 2.74. The lowest BCUT2D eigenvalue weighted by Crippen LogP contribution is -1.87. The minimum atomic E-state index is 0.218. The van der Waals surface area contributed by atoms with Crippen LogP contribution in [0.3, 0.4) is 0 Å². The second-order valence-electron chi connectivity index (χ2n) is 2.89. The fourth-order valence-corrected chi connectivity index (χ4v) is 1.22. The van der Waals surface area contributed by atoms with E-state index in [1.165, 1.54) is 0 Å². The molecule has 1 aromatic rings. The highest BCUT2D eigenvalue weighted by atomic mass is 16.5. The highest BCUT2D eigenvalue weighted by Gasteiger charge is 2.04. The molecule has 0 amide bonds. The van der Waals surface area contributed by atoms with Crippen molar-refractivity contribution >= 4 is 6.08 Å². The van der Waals surface area contributed by atoms with Crippen LogP contribution >= 0.6 is 0 Å². The summed E-state index contributed by atoms with van der Waals surface area (Å²) in [6, 6.07) is 3.72. The summed E-state index contributed by atoms with van der Waals surface area (Å²) in [6.07, 6.45) is 3.92. The number of methoxy groups -OCH3 is 1. The molecule has 0 heterocycles. The lowest BCUT2D eigenvalue weighted by Gasteiger charge is -2.07. The van der Waals surface area contributed by atoms with Crippen LogP contribution in [-0.2, 0) is 0 Å². The summed E-state index contributed by atoms with van der Waals surface area (Å²) in [7, 11) is 1.55. The van der Waals surface area contributed by atoms with Gasteiger partial charge >= 0.3 is 0 Å². The van der Waals surface area contributed by atoms with Gasteiger partial charge in [-0.25, -0.2) is 0 Å². The molecule has 0 aliphatic heterocycles. The van der Waals surface area contributed by atoms with E-state index >= 15 is 0 Å². The zero-order valence-corrected chi connectivity index (χ0v) is 8.16. The Kier molecular flexibility index (Phi) is 2.96. The van der Waals surface area contributed by atoms with Gasteiger partial charge in [-0.15, -0.1) is 0 Å². The van der Waals surface area contributed by atoms with Crippen molar-refractivity contribution in [3.05, 3.63) is 29.3 Å². The second-order valence-corrected chi connectivity index (χ2v) is 2.89. The normalized spacial score (nSPS) is 10.7. The number of aromatic hydroxyl groups is 1. The van der Waals surface area contributed by atoms with E-state index < -0.39 is 0 Å². The number of benzene rings is 1. The summed E-state index contributed by atoms with van der Waals surface area (Å²) < 4.78 is 5.03. The minimum Gasteiger partial charge on any atom is -0.504 e. The van der Waals surface area contributed by atoms with Crippen LogP contribution in [0.15, 0.2) is 18.2 Å². The third-order valence-electron chi connectivity index (χ3n) is 1.87. The van der Waals surface area contributed by atoms with Gasteiger partial charge in [-0.2, -0.15) is 0 Å². The lowest BCUT2D eigenvalue weighted by atomic mass is 10.1. The summed E-state index contributed by atoms with van der Waals surface area (Å²) in [5, 5.41) is 9.54. The number of phenols is 1. The summed E-state index contributed by atoms with van der Waals surface area (Å²) in [4.78, 5) is 0. The Labute approximate surface area is 78.5 Å². The summed E-state index contributed by atoms with van der Waals surface area (Å²) in [5.74, 6) is 0.740. The van der Waals surface area contributed by atoms with Crippen molar-refractivity contribution in [3.63, 3.8) is 0 Å². The van der Waals surface area contributed by atoms with Gasteiger partial charge in [-0.3, -0.25) is 0 Å². The third-order valence-corrected chi connectivity index (χ3v) is 1.87. The van der Waals surface area contributed by atoms with Crippen molar-refractivity contribution in [3.8, 4) is 11.5 Å². The molecule has 0 atom stereocenters. The first kappa shape index (κ1) is 9.65. The van der Waals surface area contributed by atoms with Gasteiger partial charge in [0.2, 0.25) is 0 Å². The predicted molar refractivity (Wildman–Crippen MR) is 54.1 cm³/mol. The molecule has 0 radical (unpaired) electrons. The summed E-state index contributed by atoms with van der Waals surface area (Å²) in [6.45, 7) is 3.81. The second kappa shape index (κ2) is 3.99. The van der Waals surface area contributed by atoms with Gasteiger partial charge in [0.1, 0.15) is 0 Å². The Morgan fingerprint density at radius 1 is 1.38 bits per heavy atom. The maximum Gasteiger partial charge on any atom is 0.161 e. The van der Waals surface area contributed by atoms with Gasteiger partial charge in [-0.1, -0.05) is 12.2 Å². The third kappa shape index (κ3) is 2.02. The quantitative estimate of drug-likeness (QED) is 0.754. The van der Waals surface area contributed by atoms with Gasteiger partial charge < -0.3 is 9.84 Å². The van der Waals surface area contributed by atoms with Crippen LogP contribution in [0.1, 0.15) is 18.1 Å². The van der Waals surface area contributed by atoms with E-state index in [0.717, 1.165) is 11.1 Å². The molecule has 0 fully saturated rings. The molecule has 2 nitrogen and oxygen atoms in total. The van der Waals surface area contributed by atoms with E-state index in [1.807, 2.05) is 38.1 Å². The number of hydrogen-bond acceptors (Lipinski definition) is 2. The molecular weight excluding hydrogens is 164 g/mol. The smallest absolute Gasteiger partial charge is 0.161 e. The fraction of sp³-hybridized carbons (Fsp3) is 0.273. The molecule has 0 aromatic heterocycles. The van der Waals surface area contributed by atoms with Crippen LogP contribution < -0.4 is 4.74 Å². The van der Waals surface area contributed by atoms with Crippen molar-refractivity contribution in [2.75, 3.05) is 7.11 Å². The van der Waals surface area contributed by atoms with E-state index in [4.69, 9.17) is 4.74 Å². The highest BCUT2D eigenvalue weighted by Crippen LogP contribution is 2.31. The lowest BCUT2D eigenvalue weighted by molar-refractivity contribution is 0.371. The van der Waals surface area contributed by atoms with Crippen LogP contribution in [0.2, 0.25) is 0 Å². The van der Waals surface area contributed by atoms with E-state index in [0.29, 0.717) is 5.75 Å². The van der Waals surface area contributed by atoms with Crippen LogP contribution in [0.25, 0.3) is 6.08 Å². The number of aryl methyl sites for hydroxylation is 1. The first-order valence-electron chi connectivity index (χ1n) is 4.19. The molecule has 13 heavy (non-hydrogen) atoms. The zero-order valence-electron chi connectivity index (χ0n) is 8.16. The monoisotopic (exact) mass is 178 g/mol. The van der Waals surface area contributed by atoms with E-state index in [-0.39, 0.29) is 5.75 Å². The van der Waals surface area contributed by atoms with Gasteiger partial charge in [0.25, 0.3) is 0 Å². The maximum absolute atomic E-state index is 9.54. The Hall–Kier alpha value is -1.44. The van der Waals surface area contributed by atoms with Crippen molar-refractivity contribution in [2.24, 2.45) is 0 Å². The highest BCUT2D eigenvalue weighted by molar-refractivity contribution is 5.58. The molecule has 0 saturated heterocycles. The van der Waals surface area contributed by atoms with Crippen molar-refractivity contribution in [2.45, 2.75) is 13.8 Å². The molecule has 1 rings (SSSR count). The molecule has 0 bridgehead atoms. The Morgan fingerprint density at radius 3 is 2.62 bits per heavy atom. The number of allylic oxidation sites excluding steroid dienone is 1. The van der Waals surface area contributed by atoms with Gasteiger partial charge in [0, 0.05) is 0 Å². The van der Waals surface area contributed by atoms with Crippen LogP contribution in [0.4, 0.5) is 0 Å². The molecule has 2 heteroatoms. The Morgan fingerprint density at radius 2 is 2.08 bits per heavy atom. The number of ether oxygens (including phenoxy) is 1. The molecule has 0 saturated carbocycles. The number of rotatable bonds is 2. The first-order chi connectivity index (χ1) is 6.19. The summed E-state index contributed by atoms with van der Waals surface area (Å²) in [5.41, 5.74) is 1.86.